The van der Waals surface area contributed by atoms with Crippen LogP contribution in [0.15, 0.2) is 0 Å². The molecule has 2 N–H and O–H groups in total. The second-order valence-electron chi connectivity index (χ2n) is 4.75. The lowest BCUT2D eigenvalue weighted by Gasteiger charge is -2.38. The quantitative estimate of drug-likeness (QED) is 0.844. The minimum absolute atomic E-state index is 0.0438. The van der Waals surface area contributed by atoms with Gasteiger partial charge in [-0.3, -0.25) is 4.90 Å². The van der Waals surface area contributed by atoms with Crippen molar-refractivity contribution in [2.75, 3.05) is 31.1 Å². The van der Waals surface area contributed by atoms with Gasteiger partial charge < -0.3 is 10.6 Å². The summed E-state index contributed by atoms with van der Waals surface area (Å²) in [6.07, 6.45) is -3.66. The van der Waals surface area contributed by atoms with Crippen LogP contribution in [0.25, 0.3) is 0 Å². The number of hydrogen-bond donors (Lipinski definition) is 1. The summed E-state index contributed by atoms with van der Waals surface area (Å²) in [6, 6.07) is 0.0438. The van der Waals surface area contributed by atoms with E-state index in [9.17, 15) is 13.2 Å². The van der Waals surface area contributed by atoms with Crippen LogP contribution in [0.4, 0.5) is 18.3 Å². The Hall–Kier alpha value is -1.00. The number of rotatable bonds is 4. The molecular weight excluding hydrogens is 323 g/mol. The van der Waals surface area contributed by atoms with E-state index in [1.54, 1.807) is 0 Å². The van der Waals surface area contributed by atoms with Crippen molar-refractivity contribution >= 4 is 33.9 Å². The van der Waals surface area contributed by atoms with Crippen molar-refractivity contribution in [1.29, 1.82) is 0 Å². The van der Waals surface area contributed by atoms with Gasteiger partial charge in [-0.05, 0) is 6.42 Å². The van der Waals surface area contributed by atoms with Gasteiger partial charge in [0.1, 0.15) is 0 Å². The minimum atomic E-state index is -4.49. The first-order valence-corrected chi connectivity index (χ1v) is 7.70. The molecule has 1 aliphatic heterocycles. The van der Waals surface area contributed by atoms with E-state index in [0.29, 0.717) is 36.3 Å². The summed E-state index contributed by atoms with van der Waals surface area (Å²) < 4.78 is 40.9. The monoisotopic (exact) mass is 339 g/mol. The first-order chi connectivity index (χ1) is 9.82. The van der Waals surface area contributed by atoms with Crippen LogP contribution in [0.1, 0.15) is 19.2 Å². The van der Waals surface area contributed by atoms with E-state index >= 15 is 0 Å². The van der Waals surface area contributed by atoms with Crippen molar-refractivity contribution in [2.45, 2.75) is 25.6 Å². The zero-order chi connectivity index (χ0) is 15.6. The Morgan fingerprint density at radius 2 is 2.00 bits per heavy atom. The Morgan fingerprint density at radius 1 is 1.38 bits per heavy atom. The highest BCUT2D eigenvalue weighted by molar-refractivity contribution is 7.80. The summed E-state index contributed by atoms with van der Waals surface area (Å²) in [5.74, 6) is -1.07. The van der Waals surface area contributed by atoms with Crippen molar-refractivity contribution < 1.29 is 13.2 Å². The standard InChI is InChI=1S/C11H16F3N5S2/c1-2-7(8(15)20)18-3-5-19(6-4-18)10-16-9(17-21-10)11(12,13)14/h7H,2-6H2,1H3,(H2,15,20). The predicted molar refractivity (Wildman–Crippen MR) is 79.6 cm³/mol. The molecule has 1 fully saturated rings. The number of anilines is 1. The molecule has 0 aromatic carbocycles. The highest BCUT2D eigenvalue weighted by Gasteiger charge is 2.37. The molecule has 1 unspecified atom stereocenters. The van der Waals surface area contributed by atoms with Crippen molar-refractivity contribution in [3.05, 3.63) is 5.82 Å². The number of thiocarbonyl (C=S) groups is 1. The average molecular weight is 339 g/mol. The van der Waals surface area contributed by atoms with Crippen LogP contribution >= 0.6 is 23.8 Å². The molecule has 1 saturated heterocycles. The fraction of sp³-hybridized carbons (Fsp3) is 0.727. The molecule has 5 nitrogen and oxygen atoms in total. The summed E-state index contributed by atoms with van der Waals surface area (Å²) in [5, 5.41) is 0.311. The third kappa shape index (κ3) is 3.80. The van der Waals surface area contributed by atoms with Gasteiger partial charge in [0.15, 0.2) is 0 Å². The molecule has 2 rings (SSSR count). The molecule has 2 heterocycles. The topological polar surface area (TPSA) is 58.3 Å². The normalized spacial score (nSPS) is 18.8. The van der Waals surface area contributed by atoms with Crippen molar-refractivity contribution in [3.8, 4) is 0 Å². The lowest BCUT2D eigenvalue weighted by molar-refractivity contribution is -0.144. The van der Waals surface area contributed by atoms with Crippen LogP contribution in [-0.4, -0.2) is 51.5 Å². The Morgan fingerprint density at radius 3 is 2.43 bits per heavy atom. The van der Waals surface area contributed by atoms with Crippen LogP contribution in [-0.2, 0) is 6.18 Å². The largest absolute Gasteiger partial charge is 0.452 e. The van der Waals surface area contributed by atoms with Gasteiger partial charge in [0.05, 0.1) is 11.0 Å². The molecule has 0 radical (unpaired) electrons. The number of aromatic nitrogens is 2. The number of hydrogen-bond acceptors (Lipinski definition) is 6. The molecule has 0 amide bonds. The van der Waals surface area contributed by atoms with Gasteiger partial charge in [0, 0.05) is 37.7 Å². The van der Waals surface area contributed by atoms with E-state index in [1.165, 1.54) is 0 Å². The summed E-state index contributed by atoms with van der Waals surface area (Å²) in [7, 11) is 0. The number of halogens is 3. The highest BCUT2D eigenvalue weighted by Crippen LogP contribution is 2.30. The second-order valence-corrected chi connectivity index (χ2v) is 5.95. The summed E-state index contributed by atoms with van der Waals surface area (Å²) in [6.45, 7) is 4.57. The van der Waals surface area contributed by atoms with Crippen molar-refractivity contribution in [1.82, 2.24) is 14.3 Å². The smallest absolute Gasteiger partial charge is 0.392 e. The Kier molecular flexibility index (Phi) is 4.99. The molecule has 10 heteroatoms. The van der Waals surface area contributed by atoms with Gasteiger partial charge in [-0.2, -0.15) is 22.5 Å². The molecule has 1 atom stereocenters. The number of alkyl halides is 3. The van der Waals surface area contributed by atoms with Crippen LogP contribution in [0.3, 0.4) is 0 Å². The van der Waals surface area contributed by atoms with Gasteiger partial charge >= 0.3 is 6.18 Å². The fourth-order valence-corrected chi connectivity index (χ4v) is 3.38. The third-order valence-corrected chi connectivity index (χ3v) is 4.46. The van der Waals surface area contributed by atoms with Crippen molar-refractivity contribution in [2.24, 2.45) is 5.73 Å². The second kappa shape index (κ2) is 6.41. The van der Waals surface area contributed by atoms with Gasteiger partial charge in [-0.1, -0.05) is 19.1 Å². The maximum absolute atomic E-state index is 12.5. The Bertz CT molecular complexity index is 496. The van der Waals surface area contributed by atoms with E-state index in [1.807, 2.05) is 11.8 Å². The molecule has 0 spiro atoms. The molecule has 1 aromatic rings. The first-order valence-electron chi connectivity index (χ1n) is 6.52. The predicted octanol–water partition coefficient (Wildman–Crippen LogP) is 1.74. The molecular formula is C11H16F3N5S2. The fourth-order valence-electron chi connectivity index (χ4n) is 2.32. The molecule has 118 valence electrons. The molecule has 1 aromatic heterocycles. The van der Waals surface area contributed by atoms with E-state index < -0.39 is 12.0 Å². The number of piperazine rings is 1. The number of nitrogens with zero attached hydrogens (tertiary/aromatic N) is 4. The Labute approximate surface area is 130 Å². The van der Waals surface area contributed by atoms with Gasteiger partial charge in [-0.15, -0.1) is 0 Å². The molecule has 0 saturated carbocycles. The zero-order valence-corrected chi connectivity index (χ0v) is 13.1. The van der Waals surface area contributed by atoms with Gasteiger partial charge in [0.2, 0.25) is 11.0 Å². The van der Waals surface area contributed by atoms with Crippen LogP contribution in [0, 0.1) is 0 Å². The van der Waals surface area contributed by atoms with Crippen LogP contribution in [0.5, 0.6) is 0 Å². The average Bonchev–Trinajstić information content (AvgIpc) is 2.89. The summed E-state index contributed by atoms with van der Waals surface area (Å²) >= 11 is 5.82. The maximum atomic E-state index is 12.5. The molecule has 0 bridgehead atoms. The Balaban J connectivity index is 1.98. The van der Waals surface area contributed by atoms with E-state index in [2.05, 4.69) is 14.3 Å². The maximum Gasteiger partial charge on any atom is 0.452 e. The van der Waals surface area contributed by atoms with Crippen LogP contribution in [0.2, 0.25) is 0 Å². The van der Waals surface area contributed by atoms with Crippen molar-refractivity contribution in [3.63, 3.8) is 0 Å². The minimum Gasteiger partial charge on any atom is -0.392 e. The van der Waals surface area contributed by atoms with Gasteiger partial charge in [0.25, 0.3) is 0 Å². The zero-order valence-electron chi connectivity index (χ0n) is 11.4. The van der Waals surface area contributed by atoms with E-state index in [4.69, 9.17) is 18.0 Å². The van der Waals surface area contributed by atoms with E-state index in [0.717, 1.165) is 18.0 Å². The molecule has 1 aliphatic rings. The van der Waals surface area contributed by atoms with E-state index in [-0.39, 0.29) is 6.04 Å². The lowest BCUT2D eigenvalue weighted by atomic mass is 10.1. The molecule has 21 heavy (non-hydrogen) atoms. The third-order valence-electron chi connectivity index (χ3n) is 3.41. The summed E-state index contributed by atoms with van der Waals surface area (Å²) in [4.78, 5) is 8.00. The highest BCUT2D eigenvalue weighted by atomic mass is 32.1. The lowest BCUT2D eigenvalue weighted by Crippen LogP contribution is -2.53. The SMILES string of the molecule is CCC(C(N)=S)N1CCN(c2nc(C(F)(F)F)ns2)CC1. The summed E-state index contributed by atoms with van der Waals surface area (Å²) in [5.41, 5.74) is 5.71. The van der Waals surface area contributed by atoms with Gasteiger partial charge in [-0.25, -0.2) is 0 Å². The molecule has 0 aliphatic carbocycles. The first kappa shape index (κ1) is 16.4. The van der Waals surface area contributed by atoms with Crippen LogP contribution < -0.4 is 10.6 Å². The number of nitrogens with two attached hydrogens (primary N) is 1.